The lowest BCUT2D eigenvalue weighted by atomic mass is 9.80. The molecule has 0 amide bonds. The van der Waals surface area contributed by atoms with Crippen LogP contribution in [0, 0.1) is 5.41 Å². The third-order valence-electron chi connectivity index (χ3n) is 4.05. The molecular weight excluding hydrogens is 395 g/mol. The summed E-state index contributed by atoms with van der Waals surface area (Å²) in [5, 5.41) is 3.25. The molecular formula is C17H26Cl2F4N2O. The van der Waals surface area contributed by atoms with Crippen LogP contribution in [0.3, 0.4) is 0 Å². The minimum Gasteiger partial charge on any atom is -0.428 e. The maximum absolute atomic E-state index is 13.4. The van der Waals surface area contributed by atoms with Crippen LogP contribution in [0.5, 0.6) is 5.75 Å². The van der Waals surface area contributed by atoms with Crippen LogP contribution in [0.1, 0.15) is 32.4 Å². The molecule has 0 aromatic heterocycles. The van der Waals surface area contributed by atoms with E-state index in [2.05, 4.69) is 15.0 Å². The number of rotatable bonds is 5. The molecule has 0 radical (unpaired) electrons. The molecule has 0 saturated carbocycles. The molecule has 0 bridgehead atoms. The van der Waals surface area contributed by atoms with Gasteiger partial charge in [-0.15, -0.1) is 24.8 Å². The zero-order chi connectivity index (χ0) is 18.0. The van der Waals surface area contributed by atoms with Crippen LogP contribution in [0.2, 0.25) is 0 Å². The minimum absolute atomic E-state index is 0. The lowest BCUT2D eigenvalue weighted by Crippen LogP contribution is -2.48. The van der Waals surface area contributed by atoms with Gasteiger partial charge in [-0.2, -0.15) is 17.6 Å². The summed E-state index contributed by atoms with van der Waals surface area (Å²) in [6, 6.07) is 6.01. The molecule has 1 aliphatic heterocycles. The van der Waals surface area contributed by atoms with Gasteiger partial charge in [-0.05, 0) is 11.5 Å². The first-order chi connectivity index (χ1) is 11.1. The van der Waals surface area contributed by atoms with Crippen LogP contribution in [0.25, 0.3) is 0 Å². The first kappa shape index (κ1) is 25.2. The van der Waals surface area contributed by atoms with Gasteiger partial charge in [0.1, 0.15) is 5.75 Å². The fraction of sp³-hybridized carbons (Fsp3) is 0.647. The molecule has 0 unspecified atom stereocenters. The zero-order valence-corrected chi connectivity index (χ0v) is 16.6. The molecule has 1 saturated heterocycles. The number of nitrogens with one attached hydrogen (secondary N) is 1. The number of alkyl halides is 4. The predicted molar refractivity (Wildman–Crippen MR) is 99.2 cm³/mol. The highest BCUT2D eigenvalue weighted by Gasteiger charge is 2.45. The summed E-state index contributed by atoms with van der Waals surface area (Å²) in [6.07, 6.45) is -8.39. The van der Waals surface area contributed by atoms with Crippen molar-refractivity contribution in [1.82, 2.24) is 10.2 Å². The van der Waals surface area contributed by atoms with Crippen LogP contribution in [0.4, 0.5) is 17.6 Å². The van der Waals surface area contributed by atoms with Crippen LogP contribution < -0.4 is 10.1 Å². The Bertz CT molecular complexity index is 550. The topological polar surface area (TPSA) is 24.5 Å². The van der Waals surface area contributed by atoms with E-state index < -0.39 is 12.5 Å². The van der Waals surface area contributed by atoms with Gasteiger partial charge in [-0.25, -0.2) is 0 Å². The summed E-state index contributed by atoms with van der Waals surface area (Å²) in [5.74, 6) is -0.193. The first-order valence-electron chi connectivity index (χ1n) is 8.01. The number of piperazine rings is 1. The maximum Gasteiger partial charge on any atom is 0.461 e. The second-order valence-electron chi connectivity index (χ2n) is 7.06. The van der Waals surface area contributed by atoms with Gasteiger partial charge < -0.3 is 10.1 Å². The van der Waals surface area contributed by atoms with Crippen molar-refractivity contribution in [3.63, 3.8) is 0 Å². The van der Waals surface area contributed by atoms with E-state index in [1.54, 1.807) is 12.1 Å². The van der Waals surface area contributed by atoms with E-state index in [9.17, 15) is 17.6 Å². The molecule has 152 valence electrons. The van der Waals surface area contributed by atoms with Gasteiger partial charge in [0.2, 0.25) is 0 Å². The number of ether oxygens (including phenoxy) is 1. The Kier molecular flexibility index (Phi) is 9.68. The molecule has 0 aliphatic carbocycles. The smallest absolute Gasteiger partial charge is 0.428 e. The van der Waals surface area contributed by atoms with Gasteiger partial charge in [0, 0.05) is 37.8 Å². The summed E-state index contributed by atoms with van der Waals surface area (Å²) in [7, 11) is 0. The number of para-hydroxylation sites is 1. The quantitative estimate of drug-likeness (QED) is 0.694. The second-order valence-corrected chi connectivity index (χ2v) is 7.06. The number of hydrogen-bond acceptors (Lipinski definition) is 3. The molecule has 9 heteroatoms. The average molecular weight is 421 g/mol. The normalized spacial score (nSPS) is 17.2. The van der Waals surface area contributed by atoms with Gasteiger partial charge in [-0.1, -0.05) is 39.0 Å². The van der Waals surface area contributed by atoms with E-state index >= 15 is 0 Å². The highest BCUT2D eigenvalue weighted by molar-refractivity contribution is 5.85. The van der Waals surface area contributed by atoms with Crippen LogP contribution in [-0.4, -0.2) is 43.6 Å². The summed E-state index contributed by atoms with van der Waals surface area (Å²) in [5.41, 5.74) is 0.226. The van der Waals surface area contributed by atoms with Crippen molar-refractivity contribution in [2.24, 2.45) is 5.41 Å². The van der Waals surface area contributed by atoms with Crippen molar-refractivity contribution in [2.75, 3.05) is 26.2 Å². The van der Waals surface area contributed by atoms with Crippen molar-refractivity contribution in [3.05, 3.63) is 29.8 Å². The average Bonchev–Trinajstić information content (AvgIpc) is 2.48. The highest BCUT2D eigenvalue weighted by atomic mass is 35.5. The Hall–Kier alpha value is -0.760. The fourth-order valence-corrected chi connectivity index (χ4v) is 3.14. The maximum atomic E-state index is 13.4. The Morgan fingerprint density at radius 1 is 1.04 bits per heavy atom. The summed E-state index contributed by atoms with van der Waals surface area (Å²) >= 11 is 0. The molecule has 1 aliphatic rings. The van der Waals surface area contributed by atoms with Crippen molar-refractivity contribution in [3.8, 4) is 5.75 Å². The van der Waals surface area contributed by atoms with Gasteiger partial charge in [0.15, 0.2) is 0 Å². The molecule has 0 spiro atoms. The Morgan fingerprint density at radius 3 is 2.08 bits per heavy atom. The van der Waals surface area contributed by atoms with E-state index in [1.165, 1.54) is 12.1 Å². The Labute approximate surface area is 164 Å². The number of benzene rings is 1. The van der Waals surface area contributed by atoms with E-state index in [4.69, 9.17) is 0 Å². The molecule has 1 N–H and O–H groups in total. The Morgan fingerprint density at radius 2 is 1.58 bits per heavy atom. The van der Waals surface area contributed by atoms with Crippen LogP contribution in [-0.2, 0) is 0 Å². The monoisotopic (exact) mass is 420 g/mol. The third-order valence-corrected chi connectivity index (χ3v) is 4.05. The standard InChI is InChI=1S/C17H24F4N2O.2ClH/c1-16(2,3)14(23-10-8-22-9-11-23)12-6-4-5-7-13(12)24-17(20,21)15(18)19;;/h4-7,14-15,22H,8-11H2,1-3H3;2*1H/t14-;;/m0../s1. The van der Waals surface area contributed by atoms with E-state index in [1.807, 2.05) is 20.8 Å². The van der Waals surface area contributed by atoms with Gasteiger partial charge in [0.05, 0.1) is 0 Å². The number of halogens is 6. The molecule has 3 nitrogen and oxygen atoms in total. The van der Waals surface area contributed by atoms with Gasteiger partial charge >= 0.3 is 12.5 Å². The van der Waals surface area contributed by atoms with E-state index in [0.29, 0.717) is 5.56 Å². The number of nitrogens with zero attached hydrogens (tertiary/aromatic N) is 1. The molecule has 1 heterocycles. The van der Waals surface area contributed by atoms with Crippen LogP contribution >= 0.6 is 24.8 Å². The summed E-state index contributed by atoms with van der Waals surface area (Å²) < 4.78 is 56.3. The van der Waals surface area contributed by atoms with Crippen molar-refractivity contribution < 1.29 is 22.3 Å². The third kappa shape index (κ3) is 6.15. The largest absolute Gasteiger partial charge is 0.461 e. The lowest BCUT2D eigenvalue weighted by Gasteiger charge is -2.43. The summed E-state index contributed by atoms with van der Waals surface area (Å²) in [6.45, 7) is 9.10. The number of hydrogen-bond donors (Lipinski definition) is 1. The molecule has 2 rings (SSSR count). The second kappa shape index (κ2) is 9.97. The Balaban J connectivity index is 0.00000312. The van der Waals surface area contributed by atoms with Crippen LogP contribution in [0.15, 0.2) is 24.3 Å². The van der Waals surface area contributed by atoms with Gasteiger partial charge in [-0.3, -0.25) is 4.90 Å². The molecule has 1 aromatic carbocycles. The fourth-order valence-electron chi connectivity index (χ4n) is 3.14. The molecule has 1 aromatic rings. The van der Waals surface area contributed by atoms with E-state index in [0.717, 1.165) is 26.2 Å². The molecule has 1 fully saturated rings. The summed E-state index contributed by atoms with van der Waals surface area (Å²) in [4.78, 5) is 2.18. The predicted octanol–water partition coefficient (Wildman–Crippen LogP) is 4.76. The van der Waals surface area contributed by atoms with Gasteiger partial charge in [0.25, 0.3) is 0 Å². The lowest BCUT2D eigenvalue weighted by molar-refractivity contribution is -0.253. The highest BCUT2D eigenvalue weighted by Crippen LogP contribution is 2.43. The molecule has 1 atom stereocenters. The van der Waals surface area contributed by atoms with Crippen molar-refractivity contribution >= 4 is 24.8 Å². The van der Waals surface area contributed by atoms with Crippen molar-refractivity contribution in [1.29, 1.82) is 0 Å². The first-order valence-corrected chi connectivity index (χ1v) is 8.01. The van der Waals surface area contributed by atoms with Crippen molar-refractivity contribution in [2.45, 2.75) is 39.3 Å². The minimum atomic E-state index is -4.51. The molecule has 26 heavy (non-hydrogen) atoms. The van der Waals surface area contributed by atoms with E-state index in [-0.39, 0.29) is 42.0 Å². The SMILES string of the molecule is CC(C)(C)[C@H](c1ccccc1OC(F)(F)C(F)F)N1CCNCC1.Cl.Cl. The zero-order valence-electron chi connectivity index (χ0n) is 15.0.